The van der Waals surface area contributed by atoms with Crippen molar-refractivity contribution in [3.8, 4) is 68.5 Å². The lowest BCUT2D eigenvalue weighted by Crippen LogP contribution is -2.01. The first-order valence-corrected chi connectivity index (χ1v) is 20.0. The summed E-state index contributed by atoms with van der Waals surface area (Å²) in [6, 6.07) is 52.7. The van der Waals surface area contributed by atoms with Gasteiger partial charge in [0.05, 0.1) is 11.0 Å². The van der Waals surface area contributed by atoms with E-state index in [9.17, 15) is 0 Å². The zero-order chi connectivity index (χ0) is 39.0. The summed E-state index contributed by atoms with van der Waals surface area (Å²) >= 11 is 1.76. The van der Waals surface area contributed by atoms with Gasteiger partial charge in [0.2, 0.25) is 11.8 Å². The zero-order valence-corrected chi connectivity index (χ0v) is 32.2. The van der Waals surface area contributed by atoms with E-state index in [4.69, 9.17) is 38.7 Å². The minimum Gasteiger partial charge on any atom is -0.436 e. The van der Waals surface area contributed by atoms with Crippen LogP contribution in [0.2, 0.25) is 0 Å². The first-order chi connectivity index (χ1) is 29.1. The van der Waals surface area contributed by atoms with Crippen LogP contribution in [0.3, 0.4) is 0 Å². The number of para-hydroxylation sites is 4. The summed E-state index contributed by atoms with van der Waals surface area (Å²) < 4.78 is 17.1. The summed E-state index contributed by atoms with van der Waals surface area (Å²) in [6.45, 7) is 0. The van der Waals surface area contributed by atoms with Crippen molar-refractivity contribution in [2.75, 3.05) is 0 Å². The van der Waals surface area contributed by atoms with Gasteiger partial charge in [-0.05, 0) is 72.8 Å². The highest BCUT2D eigenvalue weighted by atomic mass is 32.1. The molecule has 0 radical (unpaired) electrons. The molecule has 10 heteroatoms. The highest BCUT2D eigenvalue weighted by Crippen LogP contribution is 2.41. The first-order valence-electron chi connectivity index (χ1n) is 19.2. The van der Waals surface area contributed by atoms with Gasteiger partial charge in [0.25, 0.3) is 0 Å². The van der Waals surface area contributed by atoms with E-state index in [0.717, 1.165) is 76.7 Å². The highest BCUT2D eigenvalue weighted by molar-refractivity contribution is 7.25. The molecule has 0 atom stereocenters. The van der Waals surface area contributed by atoms with Crippen molar-refractivity contribution < 1.29 is 8.83 Å². The Morgan fingerprint density at radius 3 is 1.78 bits per heavy atom. The van der Waals surface area contributed by atoms with Gasteiger partial charge in [-0.2, -0.15) is 0 Å². The van der Waals surface area contributed by atoms with Crippen LogP contribution in [0, 0.1) is 0 Å². The number of oxazole rings is 2. The van der Waals surface area contributed by atoms with Crippen LogP contribution in [0.4, 0.5) is 0 Å². The Kier molecular flexibility index (Phi) is 7.41. The summed E-state index contributed by atoms with van der Waals surface area (Å²) in [6.07, 6.45) is 0. The molecule has 0 unspecified atom stereocenters. The van der Waals surface area contributed by atoms with Crippen LogP contribution in [0.25, 0.3) is 122 Å². The van der Waals surface area contributed by atoms with Gasteiger partial charge in [-0.15, -0.1) is 11.3 Å². The maximum atomic E-state index is 6.32. The number of benzene rings is 7. The molecule has 9 nitrogen and oxygen atoms in total. The van der Waals surface area contributed by atoms with Crippen molar-refractivity contribution in [3.63, 3.8) is 0 Å². The molecule has 0 saturated carbocycles. The van der Waals surface area contributed by atoms with Crippen molar-refractivity contribution in [3.05, 3.63) is 158 Å². The second kappa shape index (κ2) is 13.1. The number of thiophene rings is 1. The van der Waals surface area contributed by atoms with Gasteiger partial charge in [-0.1, -0.05) is 84.9 Å². The monoisotopic (exact) mass is 779 g/mol. The Bertz CT molecular complexity index is 3440. The second-order valence-electron chi connectivity index (χ2n) is 14.4. The summed E-state index contributed by atoms with van der Waals surface area (Å²) in [4.78, 5) is 30.5. The summed E-state index contributed by atoms with van der Waals surface area (Å²) in [5, 5.41) is 2.27. The molecule has 5 aromatic heterocycles. The maximum Gasteiger partial charge on any atom is 0.227 e. The van der Waals surface area contributed by atoms with Crippen molar-refractivity contribution >= 4 is 64.7 Å². The predicted octanol–water partition coefficient (Wildman–Crippen LogP) is 12.4. The number of nitrogens with zero attached hydrogens (tertiary/aromatic N) is 7. The van der Waals surface area contributed by atoms with Gasteiger partial charge < -0.3 is 13.4 Å². The molecule has 0 aliphatic rings. The van der Waals surface area contributed by atoms with E-state index in [-0.39, 0.29) is 0 Å². The molecule has 12 rings (SSSR count). The van der Waals surface area contributed by atoms with E-state index in [1.54, 1.807) is 11.3 Å². The number of aryl methyl sites for hydroxylation is 1. The second-order valence-corrected chi connectivity index (χ2v) is 15.5. The lowest BCUT2D eigenvalue weighted by atomic mass is 10.0. The Morgan fingerprint density at radius 1 is 0.441 bits per heavy atom. The van der Waals surface area contributed by atoms with Gasteiger partial charge >= 0.3 is 0 Å². The molecule has 0 N–H and O–H groups in total. The smallest absolute Gasteiger partial charge is 0.227 e. The topological polar surface area (TPSA) is 109 Å². The third-order valence-corrected chi connectivity index (χ3v) is 11.9. The van der Waals surface area contributed by atoms with Crippen LogP contribution in [0.15, 0.2) is 167 Å². The normalized spacial score (nSPS) is 11.8. The lowest BCUT2D eigenvalue weighted by molar-refractivity contribution is 0.617. The summed E-state index contributed by atoms with van der Waals surface area (Å²) in [5.74, 6) is 3.36. The largest absolute Gasteiger partial charge is 0.436 e. The van der Waals surface area contributed by atoms with Crippen LogP contribution < -0.4 is 0 Å². The minimum atomic E-state index is 0.462. The number of hydrogen-bond acceptors (Lipinski definition) is 9. The van der Waals surface area contributed by atoms with Crippen LogP contribution in [-0.2, 0) is 7.05 Å². The fraction of sp³-hybridized carbons (Fsp3) is 0.0204. The minimum absolute atomic E-state index is 0.462. The number of aromatic nitrogens is 7. The van der Waals surface area contributed by atoms with E-state index in [1.807, 2.05) is 92.0 Å². The van der Waals surface area contributed by atoms with E-state index in [2.05, 4.69) is 77.4 Å². The molecule has 0 aliphatic carbocycles. The fourth-order valence-electron chi connectivity index (χ4n) is 7.89. The summed E-state index contributed by atoms with van der Waals surface area (Å²) in [5.41, 5.74) is 9.72. The SMILES string of the molecule is Cn1c(-c2ccccc2)nc2cc(-c3nc(-c4cc(-c5nc6ccccc6o5)cc(-c5nc6ccccc6o5)c4)nc(-c4cccc5sc6ccccc6c45)n3)ccc21. The van der Waals surface area contributed by atoms with Crippen molar-refractivity contribution in [2.45, 2.75) is 0 Å². The number of fused-ring (bicyclic) bond motifs is 6. The quantitative estimate of drug-likeness (QED) is 0.164. The molecule has 5 heterocycles. The third-order valence-electron chi connectivity index (χ3n) is 10.7. The lowest BCUT2D eigenvalue weighted by Gasteiger charge is -2.11. The molecule has 7 aromatic carbocycles. The molecule has 12 aromatic rings. The van der Waals surface area contributed by atoms with Crippen molar-refractivity contribution in [1.82, 2.24) is 34.5 Å². The average Bonchev–Trinajstić information content (AvgIpc) is 4.09. The van der Waals surface area contributed by atoms with E-state index < -0.39 is 0 Å². The molecular formula is C49H29N7O2S. The molecule has 0 fully saturated rings. The van der Waals surface area contributed by atoms with Crippen molar-refractivity contribution in [1.29, 1.82) is 0 Å². The van der Waals surface area contributed by atoms with Crippen LogP contribution in [0.5, 0.6) is 0 Å². The highest BCUT2D eigenvalue weighted by Gasteiger charge is 2.21. The third kappa shape index (κ3) is 5.60. The van der Waals surface area contributed by atoms with Crippen LogP contribution >= 0.6 is 11.3 Å². The molecule has 0 bridgehead atoms. The summed E-state index contributed by atoms with van der Waals surface area (Å²) in [7, 11) is 2.04. The average molecular weight is 780 g/mol. The van der Waals surface area contributed by atoms with Gasteiger partial charge in [0, 0.05) is 60.6 Å². The van der Waals surface area contributed by atoms with Gasteiger partial charge in [0.15, 0.2) is 28.6 Å². The van der Waals surface area contributed by atoms with Crippen LogP contribution in [-0.4, -0.2) is 34.5 Å². The predicted molar refractivity (Wildman–Crippen MR) is 235 cm³/mol. The Balaban J connectivity index is 1.10. The van der Waals surface area contributed by atoms with Gasteiger partial charge in [-0.25, -0.2) is 29.9 Å². The number of hydrogen-bond donors (Lipinski definition) is 0. The molecule has 0 amide bonds. The fourth-order valence-corrected chi connectivity index (χ4v) is 9.03. The molecule has 0 saturated heterocycles. The van der Waals surface area contributed by atoms with Gasteiger partial charge in [0.1, 0.15) is 16.9 Å². The van der Waals surface area contributed by atoms with E-state index in [1.165, 1.54) is 4.70 Å². The molecular weight excluding hydrogens is 751 g/mol. The Labute approximate surface area is 340 Å². The van der Waals surface area contributed by atoms with Gasteiger partial charge in [-0.3, -0.25) is 0 Å². The van der Waals surface area contributed by atoms with Crippen LogP contribution in [0.1, 0.15) is 0 Å². The van der Waals surface area contributed by atoms with E-state index >= 15 is 0 Å². The Hall–Kier alpha value is -7.82. The van der Waals surface area contributed by atoms with Crippen molar-refractivity contribution in [2.24, 2.45) is 7.05 Å². The molecule has 278 valence electrons. The zero-order valence-electron chi connectivity index (χ0n) is 31.4. The molecule has 0 aliphatic heterocycles. The number of imidazole rings is 1. The number of rotatable bonds is 6. The Morgan fingerprint density at radius 2 is 1.05 bits per heavy atom. The molecule has 0 spiro atoms. The molecule has 59 heavy (non-hydrogen) atoms. The maximum absolute atomic E-state index is 6.32. The first kappa shape index (κ1) is 33.3. The standard InChI is InChI=1S/C49H29N7O2S/c1-56-38-23-22-29(27-37(38)50-47(56)28-12-3-2-4-13-28)44-53-45(55-46(54-44)34-15-11-21-42-43(34)33-14-5-10-20-41(33)59-42)30-24-31(48-51-35-16-6-8-18-39(35)57-48)26-32(25-30)49-52-36-17-7-9-19-40(36)58-49/h2-27H,1H3. The van der Waals surface area contributed by atoms with E-state index in [0.29, 0.717) is 40.4 Å².